The minimum Gasteiger partial charge on any atom is -0.417 e. The molecule has 0 radical (unpaired) electrons. The highest BCUT2D eigenvalue weighted by Gasteiger charge is 2.37. The van der Waals surface area contributed by atoms with E-state index in [1.54, 1.807) is 0 Å². The third kappa shape index (κ3) is 6.70. The van der Waals surface area contributed by atoms with E-state index in [1.807, 2.05) is 12.1 Å². The summed E-state index contributed by atoms with van der Waals surface area (Å²) in [5, 5.41) is 0.273. The molecule has 1 aliphatic rings. The summed E-state index contributed by atoms with van der Waals surface area (Å²) in [6.07, 6.45) is 7.12. The average Bonchev–Trinajstić information content (AvgIpc) is 2.58. The largest absolute Gasteiger partial charge is 0.417 e. The molecule has 0 saturated heterocycles. The van der Waals surface area contributed by atoms with Crippen LogP contribution in [0.5, 0.6) is 0 Å². The van der Waals surface area contributed by atoms with Gasteiger partial charge in [0.05, 0.1) is 4.90 Å². The van der Waals surface area contributed by atoms with Crippen LogP contribution in [0.3, 0.4) is 0 Å². The fourth-order valence-electron chi connectivity index (χ4n) is 3.43. The van der Waals surface area contributed by atoms with Crippen molar-refractivity contribution in [1.82, 2.24) is 0 Å². The number of rotatable bonds is 7. The molecule has 0 heterocycles. The Hall–Kier alpha value is -0.693. The average molecular weight is 413 g/mol. The van der Waals surface area contributed by atoms with Crippen LogP contribution in [0.4, 0.5) is 0 Å². The topological polar surface area (TPSA) is 63.6 Å². The summed E-state index contributed by atoms with van der Waals surface area (Å²) in [5.74, 6) is 1.44. The van der Waals surface area contributed by atoms with Crippen molar-refractivity contribution in [2.75, 3.05) is 6.61 Å². The zero-order valence-corrected chi connectivity index (χ0v) is 19.3. The molecule has 0 bridgehead atoms. The zero-order valence-electron chi connectivity index (χ0n) is 17.5. The lowest BCUT2D eigenvalue weighted by atomic mass is 9.80. The Kier molecular flexibility index (Phi) is 7.33. The van der Waals surface area contributed by atoms with Crippen molar-refractivity contribution in [2.45, 2.75) is 82.3 Å². The van der Waals surface area contributed by atoms with Gasteiger partial charge in [-0.05, 0) is 73.3 Å². The Labute approximate surface area is 166 Å². The van der Waals surface area contributed by atoms with E-state index in [0.29, 0.717) is 5.92 Å². The highest BCUT2D eigenvalue weighted by Crippen LogP contribution is 2.38. The van der Waals surface area contributed by atoms with Crippen LogP contribution in [-0.2, 0) is 21.0 Å². The molecule has 0 unspecified atom stereocenters. The van der Waals surface area contributed by atoms with Gasteiger partial charge in [0, 0.05) is 6.61 Å². The maximum Gasteiger partial charge on any atom is 0.294 e. The van der Waals surface area contributed by atoms with Crippen LogP contribution in [0.15, 0.2) is 29.2 Å². The van der Waals surface area contributed by atoms with Crippen molar-refractivity contribution < 1.29 is 17.4 Å². The lowest BCUT2D eigenvalue weighted by Gasteiger charge is -2.38. The van der Waals surface area contributed by atoms with Crippen molar-refractivity contribution in [3.8, 4) is 0 Å². The molecule has 6 heteroatoms. The molecular formula is C21H36O4SSi. The molecule has 1 aromatic rings. The van der Waals surface area contributed by atoms with Crippen molar-refractivity contribution in [3.05, 3.63) is 29.8 Å². The molecule has 1 saturated carbocycles. The second kappa shape index (κ2) is 8.76. The minimum atomic E-state index is -4.10. The van der Waals surface area contributed by atoms with E-state index in [1.165, 1.54) is 37.8 Å². The van der Waals surface area contributed by atoms with Crippen LogP contribution in [0.25, 0.3) is 0 Å². The van der Waals surface area contributed by atoms with E-state index in [4.69, 9.17) is 8.98 Å². The predicted molar refractivity (Wildman–Crippen MR) is 113 cm³/mol. The van der Waals surface area contributed by atoms with Crippen LogP contribution in [0.2, 0.25) is 18.1 Å². The molecule has 154 valence electrons. The van der Waals surface area contributed by atoms with E-state index in [-0.39, 0.29) is 9.93 Å². The van der Waals surface area contributed by atoms with E-state index < -0.39 is 18.4 Å². The van der Waals surface area contributed by atoms with E-state index in [0.717, 1.165) is 30.9 Å². The highest BCUT2D eigenvalue weighted by atomic mass is 32.2. The second-order valence-electron chi connectivity index (χ2n) is 9.62. The Balaban J connectivity index is 1.73. The molecule has 0 aromatic heterocycles. The van der Waals surface area contributed by atoms with Gasteiger partial charge in [0.1, 0.15) is 0 Å². The Morgan fingerprint density at radius 3 is 2.04 bits per heavy atom. The summed E-state index contributed by atoms with van der Waals surface area (Å²) in [5.41, 5.74) is 1.13. The first kappa shape index (κ1) is 22.6. The summed E-state index contributed by atoms with van der Waals surface area (Å²) in [4.78, 5) is -0.0338. The monoisotopic (exact) mass is 412 g/mol. The number of hydrogen-bond acceptors (Lipinski definition) is 3. The molecule has 0 amide bonds. The van der Waals surface area contributed by atoms with Gasteiger partial charge in [-0.3, -0.25) is 4.55 Å². The number of benzene rings is 1. The first-order valence-corrected chi connectivity index (χ1v) is 14.4. The van der Waals surface area contributed by atoms with Gasteiger partial charge in [0.15, 0.2) is 8.32 Å². The molecule has 0 atom stereocenters. The Bertz CT molecular complexity index is 697. The van der Waals surface area contributed by atoms with Crippen molar-refractivity contribution in [1.29, 1.82) is 0 Å². The molecule has 0 aliphatic heterocycles. The highest BCUT2D eigenvalue weighted by molar-refractivity contribution is 7.85. The third-order valence-electron chi connectivity index (χ3n) is 6.51. The summed E-state index contributed by atoms with van der Waals surface area (Å²) in [7, 11) is -5.74. The van der Waals surface area contributed by atoms with Gasteiger partial charge < -0.3 is 4.43 Å². The fourth-order valence-corrected chi connectivity index (χ4v) is 4.99. The molecule has 1 fully saturated rings. The van der Waals surface area contributed by atoms with Crippen molar-refractivity contribution in [3.63, 3.8) is 0 Å². The van der Waals surface area contributed by atoms with Gasteiger partial charge in [-0.15, -0.1) is 0 Å². The van der Waals surface area contributed by atoms with Gasteiger partial charge in [-0.25, -0.2) is 0 Å². The minimum absolute atomic E-state index is 0.0338. The summed E-state index contributed by atoms with van der Waals surface area (Å²) < 4.78 is 37.6. The normalized spacial score (nSPS) is 22.0. The fraction of sp³-hybridized carbons (Fsp3) is 0.714. The molecule has 1 aliphatic carbocycles. The van der Waals surface area contributed by atoms with Gasteiger partial charge in [0.25, 0.3) is 10.1 Å². The standard InChI is InChI=1S/C21H36O4SSi/c1-21(2,3)27(4,5)25-16-19-10-8-17(9-11-19)6-7-18-12-14-20(15-13-18)26(22,23)24/h12-15,17,19H,6-11,16H2,1-5H3,(H,22,23,24). The Morgan fingerprint density at radius 1 is 1.04 bits per heavy atom. The van der Waals surface area contributed by atoms with Crippen molar-refractivity contribution >= 4 is 18.4 Å². The first-order valence-electron chi connectivity index (χ1n) is 10.1. The zero-order chi connectivity index (χ0) is 20.3. The number of aryl methyl sites for hydroxylation is 1. The van der Waals surface area contributed by atoms with Crippen LogP contribution >= 0.6 is 0 Å². The van der Waals surface area contributed by atoms with Crippen LogP contribution < -0.4 is 0 Å². The van der Waals surface area contributed by atoms with Crippen LogP contribution in [0, 0.1) is 11.8 Å². The molecule has 27 heavy (non-hydrogen) atoms. The summed E-state index contributed by atoms with van der Waals surface area (Å²) in [6.45, 7) is 12.4. The lowest BCUT2D eigenvalue weighted by molar-refractivity contribution is 0.168. The van der Waals surface area contributed by atoms with Gasteiger partial charge in [-0.1, -0.05) is 45.7 Å². The SMILES string of the molecule is CC(C)(C)[Si](C)(C)OCC1CCC(CCc2ccc(S(=O)(=O)O)cc2)CC1. The molecule has 4 nitrogen and oxygen atoms in total. The quantitative estimate of drug-likeness (QED) is 0.461. The van der Waals surface area contributed by atoms with Gasteiger partial charge in [-0.2, -0.15) is 8.42 Å². The summed E-state index contributed by atoms with van der Waals surface area (Å²) in [6, 6.07) is 6.59. The van der Waals surface area contributed by atoms with Crippen molar-refractivity contribution in [2.24, 2.45) is 11.8 Å². The maximum absolute atomic E-state index is 11.1. The lowest BCUT2D eigenvalue weighted by Crippen LogP contribution is -2.42. The van der Waals surface area contributed by atoms with E-state index in [2.05, 4.69) is 33.9 Å². The molecule has 2 rings (SSSR count). The van der Waals surface area contributed by atoms with E-state index in [9.17, 15) is 8.42 Å². The first-order chi connectivity index (χ1) is 12.4. The van der Waals surface area contributed by atoms with Crippen LogP contribution in [-0.4, -0.2) is 27.9 Å². The second-order valence-corrected chi connectivity index (χ2v) is 15.8. The van der Waals surface area contributed by atoms with E-state index >= 15 is 0 Å². The Morgan fingerprint density at radius 2 is 1.56 bits per heavy atom. The maximum atomic E-state index is 11.1. The molecule has 1 N–H and O–H groups in total. The van der Waals surface area contributed by atoms with Crippen LogP contribution in [0.1, 0.15) is 58.4 Å². The smallest absolute Gasteiger partial charge is 0.294 e. The number of hydrogen-bond donors (Lipinski definition) is 1. The molecule has 1 aromatic carbocycles. The van der Waals surface area contributed by atoms with Gasteiger partial charge >= 0.3 is 0 Å². The predicted octanol–water partition coefficient (Wildman–Crippen LogP) is 5.69. The third-order valence-corrected chi connectivity index (χ3v) is 11.9. The van der Waals surface area contributed by atoms with Gasteiger partial charge in [0.2, 0.25) is 0 Å². The molecule has 0 spiro atoms. The molecular weight excluding hydrogens is 376 g/mol. The summed E-state index contributed by atoms with van der Waals surface area (Å²) >= 11 is 0.